The van der Waals surface area contributed by atoms with Gasteiger partial charge in [-0.2, -0.15) is 0 Å². The average molecular weight is 532 g/mol. The zero-order valence-corrected chi connectivity index (χ0v) is 24.0. The van der Waals surface area contributed by atoms with Crippen LogP contribution in [0.15, 0.2) is 25.3 Å². The molecule has 3 aliphatic heterocycles. The van der Waals surface area contributed by atoms with Gasteiger partial charge in [-0.3, -0.25) is 14.4 Å². The lowest BCUT2D eigenvalue weighted by Crippen LogP contribution is -2.58. The van der Waals surface area contributed by atoms with Crippen LogP contribution in [-0.2, 0) is 19.1 Å². The van der Waals surface area contributed by atoms with Crippen LogP contribution in [0.3, 0.4) is 0 Å². The fourth-order valence-corrected chi connectivity index (χ4v) is 7.16. The van der Waals surface area contributed by atoms with Crippen LogP contribution in [0, 0.1) is 11.8 Å². The van der Waals surface area contributed by atoms with Gasteiger partial charge in [-0.05, 0) is 58.8 Å². The molecule has 0 radical (unpaired) electrons. The van der Waals surface area contributed by atoms with Crippen LogP contribution >= 0.6 is 0 Å². The van der Waals surface area contributed by atoms with Gasteiger partial charge < -0.3 is 24.5 Å². The van der Waals surface area contributed by atoms with Crippen LogP contribution in [0.2, 0.25) is 0 Å². The summed E-state index contributed by atoms with van der Waals surface area (Å²) in [6.07, 6.45) is 9.34. The average Bonchev–Trinajstić information content (AvgIpc) is 3.45. The van der Waals surface area contributed by atoms with E-state index >= 15 is 0 Å². The van der Waals surface area contributed by atoms with Gasteiger partial charge in [0.1, 0.15) is 11.6 Å². The summed E-state index contributed by atoms with van der Waals surface area (Å²) in [4.78, 5) is 48.0. The van der Waals surface area contributed by atoms with Crippen LogP contribution < -0.4 is 0 Å². The topological polar surface area (TPSA) is 90.4 Å². The molecule has 8 nitrogen and oxygen atoms in total. The lowest BCUT2D eigenvalue weighted by atomic mass is 9.66. The van der Waals surface area contributed by atoms with Crippen LogP contribution in [-0.4, -0.2) is 93.6 Å². The summed E-state index contributed by atoms with van der Waals surface area (Å²) in [5.74, 6) is -1.65. The van der Waals surface area contributed by atoms with Crippen molar-refractivity contribution < 1.29 is 24.2 Å². The van der Waals surface area contributed by atoms with Gasteiger partial charge in [-0.1, -0.05) is 32.4 Å². The number of ether oxygens (including phenoxy) is 1. The monoisotopic (exact) mass is 531 g/mol. The predicted octanol–water partition coefficient (Wildman–Crippen LogP) is 3.54. The van der Waals surface area contributed by atoms with Crippen molar-refractivity contribution in [2.45, 2.75) is 102 Å². The Morgan fingerprint density at radius 3 is 2.45 bits per heavy atom. The third-order valence-electron chi connectivity index (χ3n) is 8.84. The van der Waals surface area contributed by atoms with Crippen molar-refractivity contribution in [1.29, 1.82) is 0 Å². The minimum atomic E-state index is -1.02. The Hall–Kier alpha value is -2.19. The van der Waals surface area contributed by atoms with Crippen LogP contribution in [0.1, 0.15) is 79.1 Å². The largest absolute Gasteiger partial charge is 0.396 e. The highest BCUT2D eigenvalue weighted by molar-refractivity contribution is 5.99. The van der Waals surface area contributed by atoms with E-state index in [1.165, 1.54) is 0 Å². The molecule has 214 valence electrons. The molecule has 3 aliphatic rings. The molecule has 3 heterocycles. The second-order valence-corrected chi connectivity index (χ2v) is 11.5. The molecule has 1 N–H and O–H groups in total. The van der Waals surface area contributed by atoms with E-state index in [1.54, 1.807) is 22.0 Å². The number of aliphatic hydroxyl groups excluding tert-OH is 1. The lowest BCUT2D eigenvalue weighted by Gasteiger charge is -2.39. The highest BCUT2D eigenvalue weighted by Crippen LogP contribution is 2.63. The maximum absolute atomic E-state index is 14.4. The molecule has 3 rings (SSSR count). The van der Waals surface area contributed by atoms with Crippen LogP contribution in [0.4, 0.5) is 0 Å². The molecule has 8 heteroatoms. The molecule has 6 atom stereocenters. The van der Waals surface area contributed by atoms with Gasteiger partial charge in [-0.25, -0.2) is 0 Å². The molecule has 0 aromatic rings. The molecular weight excluding hydrogens is 482 g/mol. The number of nitrogens with zero attached hydrogens (tertiary/aromatic N) is 3. The van der Waals surface area contributed by atoms with Crippen molar-refractivity contribution in [2.75, 3.05) is 32.8 Å². The van der Waals surface area contributed by atoms with E-state index in [9.17, 15) is 19.5 Å². The molecule has 0 aromatic heterocycles. The fourth-order valence-electron chi connectivity index (χ4n) is 7.16. The molecule has 0 aromatic carbocycles. The van der Waals surface area contributed by atoms with Gasteiger partial charge in [0, 0.05) is 38.8 Å². The van der Waals surface area contributed by atoms with E-state index in [1.807, 2.05) is 25.7 Å². The Morgan fingerprint density at radius 2 is 1.84 bits per heavy atom. The molecule has 38 heavy (non-hydrogen) atoms. The number of fused-ring (bicyclic) bond motifs is 1. The third kappa shape index (κ3) is 5.31. The summed E-state index contributed by atoms with van der Waals surface area (Å²) in [6.45, 7) is 17.7. The van der Waals surface area contributed by atoms with E-state index in [4.69, 9.17) is 4.74 Å². The highest BCUT2D eigenvalue weighted by atomic mass is 16.5. The Balaban J connectivity index is 2.05. The maximum Gasteiger partial charge on any atom is 0.248 e. The van der Waals surface area contributed by atoms with Crippen molar-refractivity contribution in [3.63, 3.8) is 0 Å². The summed E-state index contributed by atoms with van der Waals surface area (Å²) in [7, 11) is 0. The summed E-state index contributed by atoms with van der Waals surface area (Å²) in [5.41, 5.74) is -1.80. The zero-order chi connectivity index (χ0) is 28.1. The van der Waals surface area contributed by atoms with Gasteiger partial charge in [0.05, 0.1) is 17.4 Å². The minimum absolute atomic E-state index is 0.00783. The predicted molar refractivity (Wildman–Crippen MR) is 148 cm³/mol. The summed E-state index contributed by atoms with van der Waals surface area (Å²) >= 11 is 0. The first-order valence-electron chi connectivity index (χ1n) is 14.6. The summed E-state index contributed by atoms with van der Waals surface area (Å²) < 4.78 is 6.79. The van der Waals surface area contributed by atoms with E-state index < -0.39 is 29.1 Å². The smallest absolute Gasteiger partial charge is 0.248 e. The normalized spacial score (nSPS) is 30.3. The number of carbonyl (C=O) groups excluding carboxylic acids is 3. The quantitative estimate of drug-likeness (QED) is 0.243. The van der Waals surface area contributed by atoms with Gasteiger partial charge in [-0.15, -0.1) is 13.2 Å². The van der Waals surface area contributed by atoms with Gasteiger partial charge in [0.2, 0.25) is 17.7 Å². The number of amides is 3. The van der Waals surface area contributed by atoms with Crippen LogP contribution in [0.25, 0.3) is 0 Å². The first-order chi connectivity index (χ1) is 18.2. The van der Waals surface area contributed by atoms with Crippen LogP contribution in [0.5, 0.6) is 0 Å². The fraction of sp³-hybridized carbons (Fsp3) is 0.767. The van der Waals surface area contributed by atoms with E-state index in [-0.39, 0.29) is 30.4 Å². The molecule has 3 unspecified atom stereocenters. The Kier molecular flexibility index (Phi) is 10.2. The summed E-state index contributed by atoms with van der Waals surface area (Å²) in [6, 6.07) is -0.779. The number of unbranched alkanes of at least 4 members (excludes halogenated alkanes) is 2. The van der Waals surface area contributed by atoms with Gasteiger partial charge in [0.15, 0.2) is 0 Å². The number of aliphatic hydroxyl groups is 1. The molecular formula is C30H49N3O5. The van der Waals surface area contributed by atoms with Crippen molar-refractivity contribution >= 4 is 17.7 Å². The van der Waals surface area contributed by atoms with E-state index in [2.05, 4.69) is 20.1 Å². The number of hydrogen-bond donors (Lipinski definition) is 1. The molecule has 0 aliphatic carbocycles. The van der Waals surface area contributed by atoms with Crippen molar-refractivity contribution in [2.24, 2.45) is 11.8 Å². The molecule has 3 fully saturated rings. The lowest BCUT2D eigenvalue weighted by molar-refractivity contribution is -0.154. The van der Waals surface area contributed by atoms with E-state index in [0.717, 1.165) is 25.7 Å². The molecule has 3 amide bonds. The maximum atomic E-state index is 14.4. The third-order valence-corrected chi connectivity index (χ3v) is 8.84. The first kappa shape index (κ1) is 30.4. The Bertz CT molecular complexity index is 893. The molecule has 3 saturated heterocycles. The molecule has 1 spiro atoms. The van der Waals surface area contributed by atoms with Gasteiger partial charge >= 0.3 is 0 Å². The zero-order valence-electron chi connectivity index (χ0n) is 24.0. The SMILES string of the molecule is C=CCN(CCC)C(=O)[C@H]1[C@H]2C(=O)N(CCCCCO)C(C(=O)N(CC=C)C(C)CCC)C23CC[C@]1(C)O3. The van der Waals surface area contributed by atoms with Crippen molar-refractivity contribution in [1.82, 2.24) is 14.7 Å². The number of likely N-dealkylation sites (tertiary alicyclic amines) is 1. The summed E-state index contributed by atoms with van der Waals surface area (Å²) in [5, 5.41) is 9.25. The number of rotatable bonds is 16. The minimum Gasteiger partial charge on any atom is -0.396 e. The standard InChI is InChI=1S/C30H49N3O5/c1-7-14-22(5)32(19-10-4)28(37)25-30-16-15-29(6,38-30)23(26(35)31(17-8-2)18-9-3)24(30)27(36)33(25)20-12-11-13-21-34/h8,10,22-25,34H,2,4,7,9,11-21H2,1,3,5-6H3/t22?,23-,24+,25?,29+,30?/m1/s1. The number of hydrogen-bond acceptors (Lipinski definition) is 5. The van der Waals surface area contributed by atoms with Crippen molar-refractivity contribution in [3.05, 3.63) is 25.3 Å². The molecule has 0 saturated carbocycles. The Labute approximate surface area is 229 Å². The number of carbonyl (C=O) groups is 3. The Morgan fingerprint density at radius 1 is 1.13 bits per heavy atom. The van der Waals surface area contributed by atoms with Gasteiger partial charge in [0.25, 0.3) is 0 Å². The second kappa shape index (κ2) is 12.8. The first-order valence-corrected chi connectivity index (χ1v) is 14.6. The second-order valence-electron chi connectivity index (χ2n) is 11.5. The highest BCUT2D eigenvalue weighted by Gasteiger charge is 2.78. The molecule has 2 bridgehead atoms. The van der Waals surface area contributed by atoms with Crippen molar-refractivity contribution in [3.8, 4) is 0 Å². The van der Waals surface area contributed by atoms with E-state index in [0.29, 0.717) is 51.9 Å².